The predicted molar refractivity (Wildman–Crippen MR) is 192 cm³/mol. The molecule has 0 spiro atoms. The van der Waals surface area contributed by atoms with Crippen molar-refractivity contribution >= 4 is 75.3 Å². The van der Waals surface area contributed by atoms with Crippen LogP contribution in [0.5, 0.6) is 0 Å². The van der Waals surface area contributed by atoms with Gasteiger partial charge in [0.25, 0.3) is 0 Å². The van der Waals surface area contributed by atoms with Gasteiger partial charge >= 0.3 is 0 Å². The van der Waals surface area contributed by atoms with Gasteiger partial charge in [0.1, 0.15) is 11.2 Å². The lowest BCUT2D eigenvalue weighted by molar-refractivity contribution is 0.669. The fourth-order valence-corrected chi connectivity index (χ4v) is 8.41. The van der Waals surface area contributed by atoms with Crippen LogP contribution in [-0.2, 0) is 0 Å². The van der Waals surface area contributed by atoms with Crippen LogP contribution in [0.4, 0.5) is 0 Å². The molecular formula is C42H25NOS. The zero-order valence-corrected chi connectivity index (χ0v) is 25.0. The SMILES string of the molecule is c1ccc(-c2ccc3c(c2)c2ccccc2n3-c2ccc3sc4c(-c5cccc6oc7ccccc7c56)cccc4c3c2)cc1. The Hall–Kier alpha value is -5.64. The first-order valence-corrected chi connectivity index (χ1v) is 16.1. The number of hydrogen-bond acceptors (Lipinski definition) is 2. The van der Waals surface area contributed by atoms with Crippen LogP contribution < -0.4 is 0 Å². The van der Waals surface area contributed by atoms with Crippen molar-refractivity contribution in [3.8, 4) is 27.9 Å². The molecule has 2 nitrogen and oxygen atoms in total. The summed E-state index contributed by atoms with van der Waals surface area (Å²) in [7, 11) is 0. The molecule has 0 saturated carbocycles. The topological polar surface area (TPSA) is 18.1 Å². The second-order valence-corrected chi connectivity index (χ2v) is 12.7. The highest BCUT2D eigenvalue weighted by Crippen LogP contribution is 2.45. The monoisotopic (exact) mass is 591 g/mol. The highest BCUT2D eigenvalue weighted by molar-refractivity contribution is 7.26. The van der Waals surface area contributed by atoms with Crippen LogP contribution in [0.1, 0.15) is 0 Å². The number of rotatable bonds is 3. The Morgan fingerprint density at radius 3 is 2.11 bits per heavy atom. The Balaban J connectivity index is 1.20. The maximum atomic E-state index is 6.25. The summed E-state index contributed by atoms with van der Waals surface area (Å²) in [5, 5.41) is 7.44. The van der Waals surface area contributed by atoms with Crippen molar-refractivity contribution in [1.82, 2.24) is 4.57 Å². The van der Waals surface area contributed by atoms with Gasteiger partial charge in [-0.3, -0.25) is 0 Å². The molecule has 0 unspecified atom stereocenters. The van der Waals surface area contributed by atoms with E-state index in [1.54, 1.807) is 0 Å². The van der Waals surface area contributed by atoms with Crippen LogP contribution in [0.15, 0.2) is 156 Å². The van der Waals surface area contributed by atoms with Crippen molar-refractivity contribution in [2.24, 2.45) is 0 Å². The molecule has 0 bridgehead atoms. The van der Waals surface area contributed by atoms with E-state index in [2.05, 4.69) is 150 Å². The van der Waals surface area contributed by atoms with E-state index in [0.29, 0.717) is 0 Å². The molecule has 0 N–H and O–H groups in total. The molecule has 10 aromatic rings. The molecule has 0 amide bonds. The molecule has 10 rings (SSSR count). The summed E-state index contributed by atoms with van der Waals surface area (Å²) in [5.74, 6) is 0. The minimum absolute atomic E-state index is 0.926. The third kappa shape index (κ3) is 3.62. The number of fused-ring (bicyclic) bond motifs is 9. The summed E-state index contributed by atoms with van der Waals surface area (Å²) in [5.41, 5.74) is 10.4. The van der Waals surface area contributed by atoms with Crippen LogP contribution in [0.2, 0.25) is 0 Å². The van der Waals surface area contributed by atoms with Gasteiger partial charge in [0, 0.05) is 53.0 Å². The van der Waals surface area contributed by atoms with Crippen LogP contribution in [0.25, 0.3) is 91.9 Å². The number of hydrogen-bond donors (Lipinski definition) is 0. The molecule has 210 valence electrons. The molecule has 0 atom stereocenters. The molecule has 0 aliphatic heterocycles. The van der Waals surface area contributed by atoms with Gasteiger partial charge in [0.05, 0.1) is 11.0 Å². The van der Waals surface area contributed by atoms with Gasteiger partial charge in [-0.2, -0.15) is 0 Å². The molecule has 0 fully saturated rings. The van der Waals surface area contributed by atoms with E-state index in [1.165, 1.54) is 75.3 Å². The third-order valence-corrected chi connectivity index (χ3v) is 10.4. The zero-order chi connectivity index (χ0) is 29.5. The lowest BCUT2D eigenvalue weighted by Gasteiger charge is -2.09. The van der Waals surface area contributed by atoms with Crippen molar-refractivity contribution in [2.75, 3.05) is 0 Å². The Morgan fingerprint density at radius 2 is 1.18 bits per heavy atom. The van der Waals surface area contributed by atoms with Crippen molar-refractivity contribution in [3.63, 3.8) is 0 Å². The molecule has 0 saturated heterocycles. The minimum atomic E-state index is 0.926. The van der Waals surface area contributed by atoms with Crippen molar-refractivity contribution < 1.29 is 4.42 Å². The lowest BCUT2D eigenvalue weighted by atomic mass is 9.98. The Kier molecular flexibility index (Phi) is 5.19. The Labute approximate surface area is 263 Å². The normalized spacial score (nSPS) is 12.0. The molecule has 7 aromatic carbocycles. The van der Waals surface area contributed by atoms with Crippen LogP contribution in [0, 0.1) is 0 Å². The number of nitrogens with zero attached hydrogens (tertiary/aromatic N) is 1. The third-order valence-electron chi connectivity index (χ3n) is 9.21. The average Bonchev–Trinajstić information content (AvgIpc) is 3.77. The quantitative estimate of drug-likeness (QED) is 0.200. The molecule has 45 heavy (non-hydrogen) atoms. The van der Waals surface area contributed by atoms with E-state index in [0.717, 1.165) is 16.6 Å². The van der Waals surface area contributed by atoms with E-state index < -0.39 is 0 Å². The zero-order valence-electron chi connectivity index (χ0n) is 24.2. The van der Waals surface area contributed by atoms with E-state index in [1.807, 2.05) is 17.4 Å². The first-order chi connectivity index (χ1) is 22.3. The van der Waals surface area contributed by atoms with Gasteiger partial charge in [-0.15, -0.1) is 11.3 Å². The summed E-state index contributed by atoms with van der Waals surface area (Å²) in [6, 6.07) is 54.7. The number of furan rings is 1. The molecule has 0 aliphatic carbocycles. The van der Waals surface area contributed by atoms with E-state index >= 15 is 0 Å². The number of thiophene rings is 1. The summed E-state index contributed by atoms with van der Waals surface area (Å²) in [6.07, 6.45) is 0. The maximum Gasteiger partial charge on any atom is 0.136 e. The van der Waals surface area contributed by atoms with Gasteiger partial charge < -0.3 is 8.98 Å². The molecule has 0 radical (unpaired) electrons. The largest absolute Gasteiger partial charge is 0.456 e. The van der Waals surface area contributed by atoms with Crippen molar-refractivity contribution in [1.29, 1.82) is 0 Å². The van der Waals surface area contributed by atoms with E-state index in [9.17, 15) is 0 Å². The summed E-state index contributed by atoms with van der Waals surface area (Å²) < 4.78 is 11.3. The maximum absolute atomic E-state index is 6.25. The first-order valence-electron chi connectivity index (χ1n) is 15.3. The molecule has 3 heterocycles. The molecule has 3 aromatic heterocycles. The van der Waals surface area contributed by atoms with Gasteiger partial charge in [-0.25, -0.2) is 0 Å². The van der Waals surface area contributed by atoms with Gasteiger partial charge in [-0.05, 0) is 65.2 Å². The smallest absolute Gasteiger partial charge is 0.136 e. The predicted octanol–water partition coefficient (Wildman–Crippen LogP) is 12.4. The van der Waals surface area contributed by atoms with Crippen molar-refractivity contribution in [2.45, 2.75) is 0 Å². The Bertz CT molecular complexity index is 2760. The lowest BCUT2D eigenvalue weighted by Crippen LogP contribution is -1.93. The number of benzene rings is 7. The highest BCUT2D eigenvalue weighted by atomic mass is 32.1. The van der Waals surface area contributed by atoms with Crippen LogP contribution in [0.3, 0.4) is 0 Å². The average molecular weight is 592 g/mol. The second kappa shape index (κ2) is 9.43. The van der Waals surface area contributed by atoms with E-state index in [-0.39, 0.29) is 0 Å². The van der Waals surface area contributed by atoms with E-state index in [4.69, 9.17) is 4.42 Å². The standard InChI is InChI=1S/C42H25NOS/c1-2-10-26(11-3-1)27-20-22-37-34(24-27)29-12-4-6-17-36(29)43(37)28-21-23-40-35(25-28)32-16-8-15-31(42(32)45-40)30-14-9-19-39-41(30)33-13-5-7-18-38(33)44-39/h1-25H. The highest BCUT2D eigenvalue weighted by Gasteiger charge is 2.18. The van der Waals surface area contributed by atoms with Gasteiger partial charge in [-0.1, -0.05) is 103 Å². The number of para-hydroxylation sites is 2. The minimum Gasteiger partial charge on any atom is -0.456 e. The second-order valence-electron chi connectivity index (χ2n) is 11.7. The summed E-state index contributed by atoms with van der Waals surface area (Å²) in [6.45, 7) is 0. The van der Waals surface area contributed by atoms with Crippen molar-refractivity contribution in [3.05, 3.63) is 152 Å². The summed E-state index contributed by atoms with van der Waals surface area (Å²) in [4.78, 5) is 0. The Morgan fingerprint density at radius 1 is 0.444 bits per heavy atom. The van der Waals surface area contributed by atoms with Crippen LogP contribution in [-0.4, -0.2) is 4.57 Å². The molecule has 0 aliphatic rings. The first kappa shape index (κ1) is 24.8. The van der Waals surface area contributed by atoms with Gasteiger partial charge in [0.15, 0.2) is 0 Å². The fourth-order valence-electron chi connectivity index (χ4n) is 7.20. The fraction of sp³-hybridized carbons (Fsp3) is 0. The van der Waals surface area contributed by atoms with Crippen LogP contribution >= 0.6 is 11.3 Å². The molecule has 3 heteroatoms. The van der Waals surface area contributed by atoms with Gasteiger partial charge in [0.2, 0.25) is 0 Å². The number of aromatic nitrogens is 1. The molecular weight excluding hydrogens is 567 g/mol. The summed E-state index contributed by atoms with van der Waals surface area (Å²) >= 11 is 1.87.